The zero-order chi connectivity index (χ0) is 24.4. The van der Waals surface area contributed by atoms with Gasteiger partial charge in [0.15, 0.2) is 16.8 Å². The molecule has 11 heteroatoms. The number of hydrogen-bond donors (Lipinski definition) is 1. The third-order valence-electron chi connectivity index (χ3n) is 5.34. The van der Waals surface area contributed by atoms with E-state index in [1.807, 2.05) is 53.1 Å². The van der Waals surface area contributed by atoms with Gasteiger partial charge in [-0.05, 0) is 17.7 Å². The van der Waals surface area contributed by atoms with Crippen LogP contribution < -0.4 is 17.0 Å². The summed E-state index contributed by atoms with van der Waals surface area (Å²) in [6.07, 6.45) is 0. The van der Waals surface area contributed by atoms with Gasteiger partial charge in [0, 0.05) is 19.7 Å². The second-order valence-electron chi connectivity index (χ2n) is 7.54. The Labute approximate surface area is 203 Å². The first kappa shape index (κ1) is 23.5. The number of rotatable bonds is 7. The molecule has 0 atom stereocenters. The molecule has 0 aliphatic rings. The van der Waals surface area contributed by atoms with Crippen LogP contribution in [0.2, 0.25) is 5.02 Å². The highest BCUT2D eigenvalue weighted by Crippen LogP contribution is 2.30. The van der Waals surface area contributed by atoms with Crippen molar-refractivity contribution in [3.05, 3.63) is 91.6 Å². The van der Waals surface area contributed by atoms with Gasteiger partial charge in [-0.15, -0.1) is 10.2 Å². The number of aromatic nitrogens is 5. The Hall–Kier alpha value is -3.63. The molecule has 0 amide bonds. The summed E-state index contributed by atoms with van der Waals surface area (Å²) in [6.45, 7) is 0.453. The fourth-order valence-electron chi connectivity index (χ4n) is 3.47. The molecule has 2 aromatic heterocycles. The van der Waals surface area contributed by atoms with E-state index >= 15 is 0 Å². The number of benzene rings is 2. The highest BCUT2D eigenvalue weighted by Gasteiger charge is 2.22. The number of halogens is 1. The van der Waals surface area contributed by atoms with Crippen LogP contribution in [0.1, 0.15) is 15.9 Å². The molecule has 0 saturated carbocycles. The fraction of sp³-hybridized carbons (Fsp3) is 0.174. The molecule has 0 unspecified atom stereocenters. The van der Waals surface area contributed by atoms with Gasteiger partial charge in [-0.2, -0.15) is 0 Å². The molecule has 34 heavy (non-hydrogen) atoms. The Balaban J connectivity index is 1.69. The summed E-state index contributed by atoms with van der Waals surface area (Å²) in [5.41, 5.74) is 6.10. The fourth-order valence-corrected chi connectivity index (χ4v) is 4.50. The smallest absolute Gasteiger partial charge is 0.332 e. The van der Waals surface area contributed by atoms with Crippen LogP contribution in [0.15, 0.2) is 69.3 Å². The Bertz CT molecular complexity index is 1490. The predicted molar refractivity (Wildman–Crippen MR) is 132 cm³/mol. The lowest BCUT2D eigenvalue weighted by Crippen LogP contribution is -2.41. The summed E-state index contributed by atoms with van der Waals surface area (Å²) in [6, 6.07) is 17.1. The lowest BCUT2D eigenvalue weighted by molar-refractivity contribution is 0.102. The van der Waals surface area contributed by atoms with Crippen molar-refractivity contribution in [2.24, 2.45) is 14.1 Å². The molecular formula is C23H21ClN6O3S. The van der Waals surface area contributed by atoms with Crippen molar-refractivity contribution < 1.29 is 4.79 Å². The average molecular weight is 497 g/mol. The van der Waals surface area contributed by atoms with Gasteiger partial charge >= 0.3 is 5.69 Å². The van der Waals surface area contributed by atoms with Gasteiger partial charge in [-0.25, -0.2) is 4.79 Å². The number of carbonyl (C=O) groups excluding carboxylic acids is 1. The predicted octanol–water partition coefficient (Wildman–Crippen LogP) is 2.60. The average Bonchev–Trinajstić information content (AvgIpc) is 3.23. The monoisotopic (exact) mass is 496 g/mol. The Morgan fingerprint density at radius 3 is 2.38 bits per heavy atom. The minimum atomic E-state index is -0.728. The molecule has 174 valence electrons. The van der Waals surface area contributed by atoms with Crippen molar-refractivity contribution in [3.63, 3.8) is 0 Å². The van der Waals surface area contributed by atoms with E-state index < -0.39 is 17.0 Å². The van der Waals surface area contributed by atoms with Gasteiger partial charge in [0.1, 0.15) is 11.4 Å². The molecule has 4 aromatic rings. The zero-order valence-electron chi connectivity index (χ0n) is 18.4. The lowest BCUT2D eigenvalue weighted by atomic mass is 10.2. The normalized spacial score (nSPS) is 11.0. The number of hydrogen-bond acceptors (Lipinski definition) is 7. The molecule has 4 rings (SSSR count). The van der Waals surface area contributed by atoms with Gasteiger partial charge in [-0.3, -0.25) is 23.3 Å². The van der Waals surface area contributed by atoms with E-state index in [-0.39, 0.29) is 17.1 Å². The molecule has 0 fully saturated rings. The van der Waals surface area contributed by atoms with E-state index in [1.54, 1.807) is 6.07 Å². The van der Waals surface area contributed by atoms with Gasteiger partial charge < -0.3 is 5.73 Å². The van der Waals surface area contributed by atoms with Crippen LogP contribution >= 0.6 is 23.4 Å². The second-order valence-corrected chi connectivity index (χ2v) is 8.89. The van der Waals surface area contributed by atoms with Gasteiger partial charge in [0.25, 0.3) is 5.56 Å². The topological polar surface area (TPSA) is 118 Å². The van der Waals surface area contributed by atoms with Crippen LogP contribution in [0.5, 0.6) is 0 Å². The van der Waals surface area contributed by atoms with Crippen LogP contribution in [-0.4, -0.2) is 35.4 Å². The van der Waals surface area contributed by atoms with E-state index in [1.165, 1.54) is 14.1 Å². The maximum absolute atomic E-state index is 13.0. The van der Waals surface area contributed by atoms with Gasteiger partial charge in [-0.1, -0.05) is 65.8 Å². The molecule has 2 aromatic carbocycles. The SMILES string of the molecule is Cn1c(N)c(C(=O)CSc2nnc(-c3ccccc3Cl)n2Cc2ccccc2)c(=O)n(C)c1=O. The van der Waals surface area contributed by atoms with E-state index in [2.05, 4.69) is 10.2 Å². The molecule has 0 saturated heterocycles. The highest BCUT2D eigenvalue weighted by molar-refractivity contribution is 7.99. The number of nitrogens with zero attached hydrogens (tertiary/aromatic N) is 5. The molecule has 0 radical (unpaired) electrons. The number of anilines is 1. The van der Waals surface area contributed by atoms with Gasteiger partial charge in [0.05, 0.1) is 17.3 Å². The van der Waals surface area contributed by atoms with Crippen LogP contribution in [0.4, 0.5) is 5.82 Å². The highest BCUT2D eigenvalue weighted by atomic mass is 35.5. The number of nitrogen functional groups attached to an aromatic ring is 1. The van der Waals surface area contributed by atoms with E-state index in [4.69, 9.17) is 17.3 Å². The van der Waals surface area contributed by atoms with Crippen LogP contribution in [-0.2, 0) is 20.6 Å². The Morgan fingerprint density at radius 1 is 1.00 bits per heavy atom. The molecule has 0 spiro atoms. The van der Waals surface area contributed by atoms with Crippen LogP contribution in [0, 0.1) is 0 Å². The minimum Gasteiger partial charge on any atom is -0.384 e. The number of ketones is 1. The molecule has 0 aliphatic heterocycles. The number of carbonyl (C=O) groups is 1. The number of thioether (sulfide) groups is 1. The van der Waals surface area contributed by atoms with Crippen molar-refractivity contribution in [1.29, 1.82) is 0 Å². The molecule has 9 nitrogen and oxygen atoms in total. The molecule has 2 N–H and O–H groups in total. The summed E-state index contributed by atoms with van der Waals surface area (Å²) in [4.78, 5) is 37.6. The van der Waals surface area contributed by atoms with Crippen LogP contribution in [0.3, 0.4) is 0 Å². The Kier molecular flexibility index (Phi) is 6.71. The second kappa shape index (κ2) is 9.70. The lowest BCUT2D eigenvalue weighted by Gasteiger charge is -2.12. The molecule has 0 aliphatic carbocycles. The van der Waals surface area contributed by atoms with Crippen molar-refractivity contribution in [3.8, 4) is 11.4 Å². The summed E-state index contributed by atoms with van der Waals surface area (Å²) >= 11 is 7.54. The maximum Gasteiger partial charge on any atom is 0.332 e. The maximum atomic E-state index is 13.0. The third kappa shape index (κ3) is 4.42. The first-order chi connectivity index (χ1) is 16.3. The molecule has 2 heterocycles. The quantitative estimate of drug-likeness (QED) is 0.308. The van der Waals surface area contributed by atoms with Crippen molar-refractivity contribution in [1.82, 2.24) is 23.9 Å². The van der Waals surface area contributed by atoms with Crippen molar-refractivity contribution >= 4 is 35.0 Å². The Morgan fingerprint density at radius 2 is 1.68 bits per heavy atom. The first-order valence-corrected chi connectivity index (χ1v) is 11.6. The first-order valence-electron chi connectivity index (χ1n) is 10.2. The van der Waals surface area contributed by atoms with Gasteiger partial charge in [0.2, 0.25) is 0 Å². The standard InChI is InChI=1S/C23H21ClN6O3S/c1-28-19(25)18(21(32)29(2)23(28)33)17(31)13-34-22-27-26-20(15-10-6-7-11-16(15)24)30(22)12-14-8-4-3-5-9-14/h3-11H,12-13,25H2,1-2H3. The third-order valence-corrected chi connectivity index (χ3v) is 6.63. The molecule has 0 bridgehead atoms. The summed E-state index contributed by atoms with van der Waals surface area (Å²) in [7, 11) is 2.72. The largest absolute Gasteiger partial charge is 0.384 e. The zero-order valence-corrected chi connectivity index (χ0v) is 20.0. The van der Waals surface area contributed by atoms with E-state index in [0.29, 0.717) is 28.1 Å². The van der Waals surface area contributed by atoms with Crippen LogP contribution in [0.25, 0.3) is 11.4 Å². The number of Topliss-reactive ketones (excluding diaryl/α,β-unsaturated/α-hetero) is 1. The summed E-state index contributed by atoms with van der Waals surface area (Å²) < 4.78 is 3.81. The van der Waals surface area contributed by atoms with Crippen molar-refractivity contribution in [2.75, 3.05) is 11.5 Å². The van der Waals surface area contributed by atoms with E-state index in [0.717, 1.165) is 26.5 Å². The van der Waals surface area contributed by atoms with E-state index in [9.17, 15) is 14.4 Å². The summed E-state index contributed by atoms with van der Waals surface area (Å²) in [5, 5.41) is 9.62. The van der Waals surface area contributed by atoms with Crippen molar-refractivity contribution in [2.45, 2.75) is 11.7 Å². The number of nitrogens with two attached hydrogens (primary N) is 1. The summed E-state index contributed by atoms with van der Waals surface area (Å²) in [5.74, 6) is -0.233. The minimum absolute atomic E-state index is 0.118. The molecular weight excluding hydrogens is 476 g/mol.